The number of hydrogen-bond acceptors (Lipinski definition) is 4. The van der Waals surface area contributed by atoms with Crippen LogP contribution in [0.2, 0.25) is 0 Å². The highest BCUT2D eigenvalue weighted by Gasteiger charge is 2.21. The van der Waals surface area contributed by atoms with E-state index in [9.17, 15) is 9.59 Å². The molecule has 20 heavy (non-hydrogen) atoms. The Bertz CT molecular complexity index is 471. The predicted molar refractivity (Wildman–Crippen MR) is 78.2 cm³/mol. The first-order valence-corrected chi connectivity index (χ1v) is 6.81. The highest BCUT2D eigenvalue weighted by molar-refractivity contribution is 6.35. The number of ketones is 1. The second kappa shape index (κ2) is 6.66. The summed E-state index contributed by atoms with van der Waals surface area (Å²) in [6, 6.07) is 7.03. The fourth-order valence-corrected chi connectivity index (χ4v) is 1.66. The normalized spacial score (nSPS) is 12.8. The molecule has 0 bridgehead atoms. The van der Waals surface area contributed by atoms with Crippen LogP contribution in [0.4, 0.5) is 0 Å². The monoisotopic (exact) mass is 277 g/mol. The van der Waals surface area contributed by atoms with Gasteiger partial charge < -0.3 is 10.5 Å². The number of carbonyl (C=O) groups excluding carboxylic acids is 2. The molecule has 4 heteroatoms. The maximum absolute atomic E-state index is 11.5. The topological polar surface area (TPSA) is 69.4 Å². The van der Waals surface area contributed by atoms with Gasteiger partial charge in [0.05, 0.1) is 6.04 Å². The third-order valence-electron chi connectivity index (χ3n) is 3.17. The highest BCUT2D eigenvalue weighted by atomic mass is 16.5. The molecule has 2 N–H and O–H groups in total. The maximum atomic E-state index is 11.5. The van der Waals surface area contributed by atoms with Crippen LogP contribution in [-0.2, 0) is 26.3 Å². The van der Waals surface area contributed by atoms with Gasteiger partial charge in [0.15, 0.2) is 0 Å². The van der Waals surface area contributed by atoms with Crippen molar-refractivity contribution < 1.29 is 14.3 Å². The van der Waals surface area contributed by atoms with Gasteiger partial charge in [-0.3, -0.25) is 4.79 Å². The van der Waals surface area contributed by atoms with Crippen molar-refractivity contribution in [3.05, 3.63) is 35.4 Å². The van der Waals surface area contributed by atoms with E-state index in [1.54, 1.807) is 6.92 Å². The van der Waals surface area contributed by atoms with Crippen molar-refractivity contribution in [1.82, 2.24) is 0 Å². The lowest BCUT2D eigenvalue weighted by Gasteiger charge is -2.19. The molecule has 0 amide bonds. The van der Waals surface area contributed by atoms with Crippen LogP contribution in [0.25, 0.3) is 0 Å². The van der Waals surface area contributed by atoms with Crippen molar-refractivity contribution in [2.45, 2.75) is 52.2 Å². The number of esters is 1. The minimum Gasteiger partial charge on any atom is -0.455 e. The van der Waals surface area contributed by atoms with Crippen LogP contribution in [0.1, 0.15) is 45.2 Å². The number of Topliss-reactive ketones (excluding diaryl/α,β-unsaturated/α-hetero) is 1. The summed E-state index contributed by atoms with van der Waals surface area (Å²) < 4.78 is 4.97. The van der Waals surface area contributed by atoms with E-state index < -0.39 is 17.8 Å². The van der Waals surface area contributed by atoms with E-state index in [2.05, 4.69) is 20.8 Å². The van der Waals surface area contributed by atoms with Gasteiger partial charge in [-0.15, -0.1) is 0 Å². The third-order valence-corrected chi connectivity index (χ3v) is 3.17. The number of carbonyl (C=O) groups is 2. The Morgan fingerprint density at radius 1 is 1.20 bits per heavy atom. The van der Waals surface area contributed by atoms with E-state index in [4.69, 9.17) is 10.5 Å². The van der Waals surface area contributed by atoms with E-state index in [1.807, 2.05) is 24.3 Å². The van der Waals surface area contributed by atoms with Crippen LogP contribution < -0.4 is 5.73 Å². The first-order chi connectivity index (χ1) is 9.25. The van der Waals surface area contributed by atoms with Gasteiger partial charge in [0.1, 0.15) is 6.61 Å². The van der Waals surface area contributed by atoms with E-state index >= 15 is 0 Å². The number of nitrogens with two attached hydrogens (primary N) is 1. The van der Waals surface area contributed by atoms with Crippen LogP contribution >= 0.6 is 0 Å². The molecule has 0 saturated carbocycles. The lowest BCUT2D eigenvalue weighted by atomic mass is 9.87. The Morgan fingerprint density at radius 2 is 1.75 bits per heavy atom. The molecular formula is C16H23NO3. The summed E-state index contributed by atoms with van der Waals surface area (Å²) in [6.45, 7) is 8.24. The molecule has 1 aromatic rings. The smallest absolute Gasteiger partial charge is 0.376 e. The predicted octanol–water partition coefficient (Wildman–Crippen LogP) is 2.33. The summed E-state index contributed by atoms with van der Waals surface area (Å²) in [5, 5.41) is 0. The summed E-state index contributed by atoms with van der Waals surface area (Å²) >= 11 is 0. The van der Waals surface area contributed by atoms with Crippen molar-refractivity contribution in [1.29, 1.82) is 0 Å². The maximum Gasteiger partial charge on any atom is 0.376 e. The number of benzene rings is 1. The fraction of sp³-hybridized carbons (Fsp3) is 0.500. The zero-order valence-corrected chi connectivity index (χ0v) is 12.6. The standard InChI is InChI=1S/C16H23NO3/c1-5-13(17)14(18)15(19)20-10-11-6-8-12(9-7-11)16(2,3)4/h6-9,13H,5,10,17H2,1-4H3. The molecule has 1 unspecified atom stereocenters. The first kappa shape index (κ1) is 16.4. The van der Waals surface area contributed by atoms with Crippen LogP contribution in [0.3, 0.4) is 0 Å². The molecule has 0 heterocycles. The Hall–Kier alpha value is -1.68. The molecule has 0 aromatic heterocycles. The Balaban J connectivity index is 2.58. The Labute approximate surface area is 120 Å². The number of rotatable bonds is 5. The van der Waals surface area contributed by atoms with E-state index in [0.29, 0.717) is 6.42 Å². The quantitative estimate of drug-likeness (QED) is 0.662. The molecule has 0 spiro atoms. The molecule has 1 aromatic carbocycles. The highest BCUT2D eigenvalue weighted by Crippen LogP contribution is 2.22. The van der Waals surface area contributed by atoms with Gasteiger partial charge >= 0.3 is 5.97 Å². The second-order valence-electron chi connectivity index (χ2n) is 5.90. The minimum atomic E-state index is -0.862. The minimum absolute atomic E-state index is 0.0824. The molecule has 0 aliphatic heterocycles. The fourth-order valence-electron chi connectivity index (χ4n) is 1.66. The summed E-state index contributed by atoms with van der Waals surface area (Å²) in [5.41, 5.74) is 7.64. The van der Waals surface area contributed by atoms with Gasteiger partial charge in [-0.2, -0.15) is 0 Å². The Morgan fingerprint density at radius 3 is 2.20 bits per heavy atom. The van der Waals surface area contributed by atoms with Crippen molar-refractivity contribution in [2.75, 3.05) is 0 Å². The van der Waals surface area contributed by atoms with Gasteiger partial charge in [0, 0.05) is 0 Å². The third kappa shape index (κ3) is 4.46. The van der Waals surface area contributed by atoms with Crippen molar-refractivity contribution in [3.8, 4) is 0 Å². The number of ether oxygens (including phenoxy) is 1. The molecule has 110 valence electrons. The first-order valence-electron chi connectivity index (χ1n) is 6.81. The van der Waals surface area contributed by atoms with Crippen LogP contribution in [-0.4, -0.2) is 17.8 Å². The van der Waals surface area contributed by atoms with Crippen molar-refractivity contribution >= 4 is 11.8 Å². The lowest BCUT2D eigenvalue weighted by molar-refractivity contribution is -0.155. The second-order valence-corrected chi connectivity index (χ2v) is 5.90. The molecule has 0 aliphatic carbocycles. The van der Waals surface area contributed by atoms with Gasteiger partial charge in [-0.05, 0) is 23.0 Å². The Kier molecular flexibility index (Phi) is 5.45. The van der Waals surface area contributed by atoms with Gasteiger partial charge in [0.2, 0.25) is 0 Å². The zero-order chi connectivity index (χ0) is 15.3. The lowest BCUT2D eigenvalue weighted by Crippen LogP contribution is -2.36. The van der Waals surface area contributed by atoms with Crippen LogP contribution in [0.5, 0.6) is 0 Å². The summed E-state index contributed by atoms with van der Waals surface area (Å²) in [6.07, 6.45) is 0.425. The molecule has 1 atom stereocenters. The molecule has 0 saturated heterocycles. The largest absolute Gasteiger partial charge is 0.455 e. The van der Waals surface area contributed by atoms with Crippen LogP contribution in [0, 0.1) is 0 Å². The molecule has 1 rings (SSSR count). The van der Waals surface area contributed by atoms with E-state index in [0.717, 1.165) is 5.56 Å². The van der Waals surface area contributed by atoms with E-state index in [-0.39, 0.29) is 12.0 Å². The van der Waals surface area contributed by atoms with Gasteiger partial charge in [-0.25, -0.2) is 4.79 Å². The molecule has 0 aliphatic rings. The molecule has 0 radical (unpaired) electrons. The average Bonchev–Trinajstić information content (AvgIpc) is 2.42. The van der Waals surface area contributed by atoms with E-state index in [1.165, 1.54) is 5.56 Å². The number of hydrogen-bond donors (Lipinski definition) is 1. The summed E-state index contributed by atoms with van der Waals surface area (Å²) in [5.74, 6) is -1.53. The summed E-state index contributed by atoms with van der Waals surface area (Å²) in [4.78, 5) is 23.0. The molecule has 4 nitrogen and oxygen atoms in total. The van der Waals surface area contributed by atoms with Gasteiger partial charge in [0.25, 0.3) is 5.78 Å². The zero-order valence-electron chi connectivity index (χ0n) is 12.6. The SMILES string of the molecule is CCC(N)C(=O)C(=O)OCc1ccc(C(C)(C)C)cc1. The molecule has 0 fully saturated rings. The summed E-state index contributed by atoms with van der Waals surface area (Å²) in [7, 11) is 0. The van der Waals surface area contributed by atoms with Crippen molar-refractivity contribution in [3.63, 3.8) is 0 Å². The average molecular weight is 277 g/mol. The van der Waals surface area contributed by atoms with Crippen LogP contribution in [0.15, 0.2) is 24.3 Å². The van der Waals surface area contributed by atoms with Crippen molar-refractivity contribution in [2.24, 2.45) is 5.73 Å². The molecular weight excluding hydrogens is 254 g/mol. The van der Waals surface area contributed by atoms with Gasteiger partial charge in [-0.1, -0.05) is 52.0 Å².